The molecule has 0 amide bonds. The first-order chi connectivity index (χ1) is 9.70. The number of nitrogens with one attached hydrogen (secondary N) is 1. The van der Waals surface area contributed by atoms with E-state index in [2.05, 4.69) is 25.1 Å². The van der Waals surface area contributed by atoms with Gasteiger partial charge in [0.15, 0.2) is 11.7 Å². The SMILES string of the molecule is N/C(=N/O)c1ccc(CNCCc2ncon2)c(Cl)c1. The van der Waals surface area contributed by atoms with Crippen LogP contribution in [0.15, 0.2) is 34.3 Å². The van der Waals surface area contributed by atoms with Gasteiger partial charge in [0.25, 0.3) is 0 Å². The molecule has 0 saturated carbocycles. The number of hydrogen-bond donors (Lipinski definition) is 3. The molecule has 0 saturated heterocycles. The molecule has 1 aromatic heterocycles. The van der Waals surface area contributed by atoms with Crippen molar-refractivity contribution in [2.75, 3.05) is 6.54 Å². The topological polar surface area (TPSA) is 110 Å². The molecule has 0 aliphatic carbocycles. The van der Waals surface area contributed by atoms with E-state index in [1.165, 1.54) is 6.39 Å². The zero-order valence-electron chi connectivity index (χ0n) is 10.6. The quantitative estimate of drug-likeness (QED) is 0.242. The molecule has 7 nitrogen and oxygen atoms in total. The fourth-order valence-electron chi connectivity index (χ4n) is 1.63. The Morgan fingerprint density at radius 3 is 3.00 bits per heavy atom. The third kappa shape index (κ3) is 3.69. The maximum absolute atomic E-state index is 8.60. The Morgan fingerprint density at radius 1 is 1.50 bits per heavy atom. The summed E-state index contributed by atoms with van der Waals surface area (Å²) in [6.07, 6.45) is 1.98. The number of nitrogens with zero attached hydrogens (tertiary/aromatic N) is 3. The van der Waals surface area contributed by atoms with Crippen LogP contribution < -0.4 is 11.1 Å². The molecule has 2 aromatic rings. The lowest BCUT2D eigenvalue weighted by Gasteiger charge is -2.07. The average molecular weight is 296 g/mol. The predicted molar refractivity (Wildman–Crippen MR) is 73.7 cm³/mol. The molecule has 4 N–H and O–H groups in total. The van der Waals surface area contributed by atoms with Crippen molar-refractivity contribution in [1.29, 1.82) is 0 Å². The van der Waals surface area contributed by atoms with E-state index in [0.29, 0.717) is 35.9 Å². The Labute approximate surface area is 120 Å². The molecule has 106 valence electrons. The van der Waals surface area contributed by atoms with E-state index in [0.717, 1.165) is 5.56 Å². The Hall–Kier alpha value is -2.12. The number of oxime groups is 1. The second-order valence-corrected chi connectivity index (χ2v) is 4.47. The maximum Gasteiger partial charge on any atom is 0.213 e. The van der Waals surface area contributed by atoms with Gasteiger partial charge in [0.2, 0.25) is 6.39 Å². The van der Waals surface area contributed by atoms with E-state index >= 15 is 0 Å². The number of aromatic nitrogens is 2. The predicted octanol–water partition coefficient (Wildman–Crippen LogP) is 1.15. The molecule has 20 heavy (non-hydrogen) atoms. The van der Waals surface area contributed by atoms with Crippen molar-refractivity contribution >= 4 is 17.4 Å². The van der Waals surface area contributed by atoms with Crippen LogP contribution in [0.1, 0.15) is 17.0 Å². The number of nitrogens with two attached hydrogens (primary N) is 1. The number of benzene rings is 1. The highest BCUT2D eigenvalue weighted by atomic mass is 35.5. The van der Waals surface area contributed by atoms with Gasteiger partial charge in [-0.2, -0.15) is 4.98 Å². The number of amidine groups is 1. The molecule has 0 bridgehead atoms. The number of halogens is 1. The summed E-state index contributed by atoms with van der Waals surface area (Å²) in [4.78, 5) is 3.92. The molecule has 8 heteroatoms. The highest BCUT2D eigenvalue weighted by Crippen LogP contribution is 2.17. The van der Waals surface area contributed by atoms with E-state index in [9.17, 15) is 0 Å². The smallest absolute Gasteiger partial charge is 0.213 e. The van der Waals surface area contributed by atoms with Crippen molar-refractivity contribution in [3.63, 3.8) is 0 Å². The molecule has 0 atom stereocenters. The second kappa shape index (κ2) is 6.88. The first-order valence-electron chi connectivity index (χ1n) is 5.93. The average Bonchev–Trinajstić information content (AvgIpc) is 2.97. The van der Waals surface area contributed by atoms with Crippen molar-refractivity contribution in [2.45, 2.75) is 13.0 Å². The molecule has 0 aliphatic rings. The van der Waals surface area contributed by atoms with Crippen LogP contribution in [-0.2, 0) is 13.0 Å². The van der Waals surface area contributed by atoms with Gasteiger partial charge >= 0.3 is 0 Å². The molecule has 2 rings (SSSR count). The molecule has 0 fully saturated rings. The van der Waals surface area contributed by atoms with Gasteiger partial charge in [-0.15, -0.1) is 0 Å². The first kappa shape index (κ1) is 14.3. The van der Waals surface area contributed by atoms with Crippen LogP contribution in [0.2, 0.25) is 5.02 Å². The Bertz CT molecular complexity index is 586. The second-order valence-electron chi connectivity index (χ2n) is 4.07. The van der Waals surface area contributed by atoms with Crippen molar-refractivity contribution < 1.29 is 9.73 Å². The zero-order chi connectivity index (χ0) is 14.4. The fourth-order valence-corrected chi connectivity index (χ4v) is 1.88. The van der Waals surface area contributed by atoms with Gasteiger partial charge in [-0.1, -0.05) is 34.0 Å². The summed E-state index contributed by atoms with van der Waals surface area (Å²) in [7, 11) is 0. The van der Waals surface area contributed by atoms with Gasteiger partial charge in [-0.25, -0.2) is 0 Å². The van der Waals surface area contributed by atoms with Gasteiger partial charge in [0, 0.05) is 30.1 Å². The Balaban J connectivity index is 1.87. The van der Waals surface area contributed by atoms with E-state index in [1.807, 2.05) is 6.07 Å². The minimum absolute atomic E-state index is 0.0310. The molecule has 0 radical (unpaired) electrons. The van der Waals surface area contributed by atoms with Crippen LogP contribution in [0, 0.1) is 0 Å². The first-order valence-corrected chi connectivity index (χ1v) is 6.31. The normalized spacial score (nSPS) is 11.8. The van der Waals surface area contributed by atoms with Crippen LogP contribution >= 0.6 is 11.6 Å². The van der Waals surface area contributed by atoms with Crippen molar-refractivity contribution in [2.24, 2.45) is 10.9 Å². The monoisotopic (exact) mass is 295 g/mol. The summed E-state index contributed by atoms with van der Waals surface area (Å²) in [5.74, 6) is 0.689. The lowest BCUT2D eigenvalue weighted by atomic mass is 10.1. The minimum Gasteiger partial charge on any atom is -0.409 e. The molecular formula is C12H14ClN5O2. The summed E-state index contributed by atoms with van der Waals surface area (Å²) >= 11 is 6.14. The molecule has 0 unspecified atom stereocenters. The van der Waals surface area contributed by atoms with Crippen LogP contribution in [0.25, 0.3) is 0 Å². The number of hydrogen-bond acceptors (Lipinski definition) is 6. The van der Waals surface area contributed by atoms with Gasteiger partial charge in [0.1, 0.15) is 0 Å². The highest BCUT2D eigenvalue weighted by Gasteiger charge is 2.05. The van der Waals surface area contributed by atoms with Crippen molar-refractivity contribution in [3.05, 3.63) is 46.6 Å². The zero-order valence-corrected chi connectivity index (χ0v) is 11.3. The third-order valence-corrected chi connectivity index (χ3v) is 3.06. The summed E-state index contributed by atoms with van der Waals surface area (Å²) in [5.41, 5.74) is 6.99. The standard InChI is InChI=1S/C12H14ClN5O2/c13-10-5-8(12(14)17-19)1-2-9(10)6-15-4-3-11-16-7-20-18-11/h1-2,5,7,15,19H,3-4,6H2,(H2,14,17). The molecule has 1 aromatic carbocycles. The van der Waals surface area contributed by atoms with Crippen molar-refractivity contribution in [1.82, 2.24) is 15.5 Å². The largest absolute Gasteiger partial charge is 0.409 e. The van der Waals surface area contributed by atoms with Crippen molar-refractivity contribution in [3.8, 4) is 0 Å². The summed E-state index contributed by atoms with van der Waals surface area (Å²) in [5, 5.41) is 19.0. The highest BCUT2D eigenvalue weighted by molar-refractivity contribution is 6.31. The van der Waals surface area contributed by atoms with Gasteiger partial charge < -0.3 is 20.8 Å². The van der Waals surface area contributed by atoms with E-state index in [-0.39, 0.29) is 5.84 Å². The fraction of sp³-hybridized carbons (Fsp3) is 0.250. The summed E-state index contributed by atoms with van der Waals surface area (Å²) in [6, 6.07) is 5.24. The Kier molecular flexibility index (Phi) is 4.91. The lowest BCUT2D eigenvalue weighted by Crippen LogP contribution is -2.18. The Morgan fingerprint density at radius 2 is 2.35 bits per heavy atom. The van der Waals surface area contributed by atoms with E-state index in [4.69, 9.17) is 22.5 Å². The van der Waals surface area contributed by atoms with Crippen LogP contribution in [0.4, 0.5) is 0 Å². The van der Waals surface area contributed by atoms with Gasteiger partial charge in [-0.05, 0) is 11.6 Å². The molecule has 1 heterocycles. The minimum atomic E-state index is 0.0310. The van der Waals surface area contributed by atoms with E-state index < -0.39 is 0 Å². The van der Waals surface area contributed by atoms with Gasteiger partial charge in [-0.3, -0.25) is 0 Å². The molecule has 0 aliphatic heterocycles. The summed E-state index contributed by atoms with van der Waals surface area (Å²) in [6.45, 7) is 1.31. The van der Waals surface area contributed by atoms with Gasteiger partial charge in [0.05, 0.1) is 0 Å². The van der Waals surface area contributed by atoms with Crippen LogP contribution in [0.3, 0.4) is 0 Å². The number of rotatable bonds is 6. The molecule has 0 spiro atoms. The third-order valence-electron chi connectivity index (χ3n) is 2.70. The van der Waals surface area contributed by atoms with Crippen LogP contribution in [0.5, 0.6) is 0 Å². The summed E-state index contributed by atoms with van der Waals surface area (Å²) < 4.78 is 4.64. The molecular weight excluding hydrogens is 282 g/mol. The van der Waals surface area contributed by atoms with Crippen LogP contribution in [-0.4, -0.2) is 27.7 Å². The van der Waals surface area contributed by atoms with E-state index in [1.54, 1.807) is 12.1 Å². The lowest BCUT2D eigenvalue weighted by molar-refractivity contribution is 0.318. The maximum atomic E-state index is 8.60.